The van der Waals surface area contributed by atoms with E-state index in [-0.39, 0.29) is 6.10 Å². The van der Waals surface area contributed by atoms with E-state index in [1.165, 1.54) is 16.0 Å². The van der Waals surface area contributed by atoms with Crippen LogP contribution in [0.3, 0.4) is 0 Å². The minimum atomic E-state index is 0.187. The van der Waals surface area contributed by atoms with Gasteiger partial charge in [-0.3, -0.25) is 0 Å². The molecular formula is C16H19NOS. The van der Waals surface area contributed by atoms with E-state index >= 15 is 0 Å². The summed E-state index contributed by atoms with van der Waals surface area (Å²) in [5.41, 5.74) is 2.78. The van der Waals surface area contributed by atoms with Crippen molar-refractivity contribution in [1.29, 1.82) is 0 Å². The van der Waals surface area contributed by atoms with E-state index in [1.54, 1.807) is 11.3 Å². The summed E-state index contributed by atoms with van der Waals surface area (Å²) in [6.45, 7) is 3.91. The van der Waals surface area contributed by atoms with Crippen LogP contribution in [0.1, 0.15) is 35.1 Å². The third-order valence-electron chi connectivity index (χ3n) is 3.67. The van der Waals surface area contributed by atoms with Crippen LogP contribution >= 0.6 is 11.3 Å². The van der Waals surface area contributed by atoms with Crippen LogP contribution in [-0.2, 0) is 11.2 Å². The zero-order chi connectivity index (χ0) is 13.1. The Morgan fingerprint density at radius 3 is 3.05 bits per heavy atom. The molecule has 0 bridgehead atoms. The van der Waals surface area contributed by atoms with Crippen LogP contribution < -0.4 is 5.32 Å². The molecule has 1 aromatic carbocycles. The maximum absolute atomic E-state index is 5.91. The van der Waals surface area contributed by atoms with Gasteiger partial charge in [-0.05, 0) is 35.9 Å². The second-order valence-electron chi connectivity index (χ2n) is 4.95. The summed E-state index contributed by atoms with van der Waals surface area (Å²) >= 11 is 1.80. The molecule has 2 atom stereocenters. The van der Waals surface area contributed by atoms with Gasteiger partial charge in [-0.25, -0.2) is 0 Å². The molecule has 1 unspecified atom stereocenters. The van der Waals surface area contributed by atoms with E-state index in [4.69, 9.17) is 4.74 Å². The maximum atomic E-state index is 5.91. The molecule has 1 N–H and O–H groups in total. The number of hydrogen-bond acceptors (Lipinski definition) is 3. The molecule has 2 aromatic rings. The van der Waals surface area contributed by atoms with Crippen LogP contribution in [-0.4, -0.2) is 13.2 Å². The van der Waals surface area contributed by atoms with Crippen molar-refractivity contribution in [3.63, 3.8) is 0 Å². The zero-order valence-corrected chi connectivity index (χ0v) is 12.0. The van der Waals surface area contributed by atoms with Crippen molar-refractivity contribution < 1.29 is 4.74 Å². The molecule has 0 spiro atoms. The van der Waals surface area contributed by atoms with E-state index in [0.717, 1.165) is 19.6 Å². The van der Waals surface area contributed by atoms with E-state index in [9.17, 15) is 0 Å². The Morgan fingerprint density at radius 1 is 1.32 bits per heavy atom. The lowest BCUT2D eigenvalue weighted by Crippen LogP contribution is -2.29. The van der Waals surface area contributed by atoms with Crippen molar-refractivity contribution in [2.45, 2.75) is 25.5 Å². The van der Waals surface area contributed by atoms with Gasteiger partial charge in [0.05, 0.1) is 12.7 Å². The molecule has 2 heterocycles. The standard InChI is InChI=1S/C16H19NOS/c1-12(16-7-4-10-19-16)17-11-15-14-6-3-2-5-13(14)8-9-18-15/h2-7,10,12,15,17H,8-9,11H2,1H3/t12-,15?/m0/s1. The molecule has 1 aliphatic rings. The van der Waals surface area contributed by atoms with Gasteiger partial charge in [0.1, 0.15) is 0 Å². The monoisotopic (exact) mass is 273 g/mol. The minimum absolute atomic E-state index is 0.187. The number of thiophene rings is 1. The van der Waals surface area contributed by atoms with Crippen LogP contribution in [0.4, 0.5) is 0 Å². The quantitative estimate of drug-likeness (QED) is 0.917. The predicted octanol–water partition coefficient (Wildman–Crippen LogP) is 3.71. The van der Waals surface area contributed by atoms with Crippen LogP contribution in [0.25, 0.3) is 0 Å². The Morgan fingerprint density at radius 2 is 2.21 bits per heavy atom. The highest BCUT2D eigenvalue weighted by Gasteiger charge is 2.20. The van der Waals surface area contributed by atoms with Crippen molar-refractivity contribution in [1.82, 2.24) is 5.32 Å². The van der Waals surface area contributed by atoms with Crippen molar-refractivity contribution in [2.75, 3.05) is 13.2 Å². The molecular weight excluding hydrogens is 254 g/mol. The Kier molecular flexibility index (Phi) is 3.97. The highest BCUT2D eigenvalue weighted by molar-refractivity contribution is 7.10. The second-order valence-corrected chi connectivity index (χ2v) is 5.93. The summed E-state index contributed by atoms with van der Waals surface area (Å²) < 4.78 is 5.91. The smallest absolute Gasteiger partial charge is 0.0952 e. The number of ether oxygens (including phenoxy) is 1. The van der Waals surface area contributed by atoms with Crippen molar-refractivity contribution in [3.8, 4) is 0 Å². The SMILES string of the molecule is C[C@H](NCC1OCCc2ccccc21)c1cccs1. The van der Waals surface area contributed by atoms with E-state index < -0.39 is 0 Å². The Hall–Kier alpha value is -1.16. The molecule has 0 radical (unpaired) electrons. The highest BCUT2D eigenvalue weighted by Crippen LogP contribution is 2.27. The first-order valence-corrected chi connectivity index (χ1v) is 7.69. The van der Waals surface area contributed by atoms with Gasteiger partial charge in [0.15, 0.2) is 0 Å². The molecule has 0 saturated heterocycles. The normalized spacial score (nSPS) is 19.9. The Bertz CT molecular complexity index is 523. The summed E-state index contributed by atoms with van der Waals surface area (Å²) in [6.07, 6.45) is 1.22. The molecule has 1 aromatic heterocycles. The number of rotatable bonds is 4. The predicted molar refractivity (Wildman–Crippen MR) is 79.6 cm³/mol. The van der Waals surface area contributed by atoms with Crippen LogP contribution in [0, 0.1) is 0 Å². The highest BCUT2D eigenvalue weighted by atomic mass is 32.1. The molecule has 0 fully saturated rings. The van der Waals surface area contributed by atoms with E-state index in [1.807, 2.05) is 0 Å². The van der Waals surface area contributed by atoms with E-state index in [2.05, 4.69) is 54.0 Å². The van der Waals surface area contributed by atoms with Gasteiger partial charge in [0.25, 0.3) is 0 Å². The lowest BCUT2D eigenvalue weighted by Gasteiger charge is -2.27. The largest absolute Gasteiger partial charge is 0.372 e. The van der Waals surface area contributed by atoms with Crippen molar-refractivity contribution in [2.24, 2.45) is 0 Å². The van der Waals surface area contributed by atoms with Crippen LogP contribution in [0.5, 0.6) is 0 Å². The lowest BCUT2D eigenvalue weighted by molar-refractivity contribution is 0.0410. The maximum Gasteiger partial charge on any atom is 0.0952 e. The molecule has 2 nitrogen and oxygen atoms in total. The average Bonchev–Trinajstić information content (AvgIpc) is 2.99. The first kappa shape index (κ1) is 12.9. The lowest BCUT2D eigenvalue weighted by atomic mass is 9.97. The fourth-order valence-electron chi connectivity index (χ4n) is 2.57. The zero-order valence-electron chi connectivity index (χ0n) is 11.1. The van der Waals surface area contributed by atoms with Gasteiger partial charge in [-0.2, -0.15) is 0 Å². The Labute approximate surface area is 118 Å². The van der Waals surface area contributed by atoms with Crippen LogP contribution in [0.2, 0.25) is 0 Å². The average molecular weight is 273 g/mol. The van der Waals surface area contributed by atoms with Gasteiger partial charge < -0.3 is 10.1 Å². The number of hydrogen-bond donors (Lipinski definition) is 1. The number of nitrogens with one attached hydrogen (secondary N) is 1. The van der Waals surface area contributed by atoms with Gasteiger partial charge >= 0.3 is 0 Å². The molecule has 0 aliphatic carbocycles. The van der Waals surface area contributed by atoms with Gasteiger partial charge in [-0.15, -0.1) is 11.3 Å². The van der Waals surface area contributed by atoms with Gasteiger partial charge in [0.2, 0.25) is 0 Å². The molecule has 1 aliphatic heterocycles. The van der Waals surface area contributed by atoms with Gasteiger partial charge in [-0.1, -0.05) is 30.3 Å². The first-order chi connectivity index (χ1) is 9.34. The third-order valence-corrected chi connectivity index (χ3v) is 4.73. The summed E-state index contributed by atoms with van der Waals surface area (Å²) in [6, 6.07) is 13.3. The summed E-state index contributed by atoms with van der Waals surface area (Å²) in [5, 5.41) is 5.71. The topological polar surface area (TPSA) is 21.3 Å². The first-order valence-electron chi connectivity index (χ1n) is 6.81. The summed E-state index contributed by atoms with van der Waals surface area (Å²) in [5.74, 6) is 0. The van der Waals surface area contributed by atoms with E-state index in [0.29, 0.717) is 6.04 Å². The summed E-state index contributed by atoms with van der Waals surface area (Å²) in [4.78, 5) is 1.38. The van der Waals surface area contributed by atoms with Crippen LogP contribution in [0.15, 0.2) is 41.8 Å². The number of benzene rings is 1. The van der Waals surface area contributed by atoms with Crippen molar-refractivity contribution >= 4 is 11.3 Å². The summed E-state index contributed by atoms with van der Waals surface area (Å²) in [7, 11) is 0. The minimum Gasteiger partial charge on any atom is -0.372 e. The molecule has 0 saturated carbocycles. The Balaban J connectivity index is 1.65. The molecule has 100 valence electrons. The second kappa shape index (κ2) is 5.87. The third kappa shape index (κ3) is 2.89. The molecule has 0 amide bonds. The fourth-order valence-corrected chi connectivity index (χ4v) is 3.33. The van der Waals surface area contributed by atoms with Gasteiger partial charge in [0, 0.05) is 17.5 Å². The van der Waals surface area contributed by atoms with Crippen molar-refractivity contribution in [3.05, 3.63) is 57.8 Å². The molecule has 3 rings (SSSR count). The molecule has 3 heteroatoms. The fraction of sp³-hybridized carbons (Fsp3) is 0.375. The number of fused-ring (bicyclic) bond motifs is 1. The molecule has 19 heavy (non-hydrogen) atoms.